The molecule has 2 aromatic heterocycles. The summed E-state index contributed by atoms with van der Waals surface area (Å²) in [5.74, 6) is -3.52. The van der Waals surface area contributed by atoms with Gasteiger partial charge >= 0.3 is 0 Å². The average Bonchev–Trinajstić information content (AvgIpc) is 3.02. The molecule has 0 spiro atoms. The van der Waals surface area contributed by atoms with E-state index in [-0.39, 0.29) is 39.4 Å². The van der Waals surface area contributed by atoms with Crippen molar-refractivity contribution >= 4 is 32.2 Å². The maximum Gasteiger partial charge on any atom is 0.274 e. The van der Waals surface area contributed by atoms with Crippen LogP contribution in [0.25, 0.3) is 10.9 Å². The largest absolute Gasteiger partial charge is 0.320 e. The fraction of sp³-hybridized carbons (Fsp3) is 0.381. The number of benzene rings is 1. The zero-order valence-electron chi connectivity index (χ0n) is 17.7. The Morgan fingerprint density at radius 2 is 2.00 bits per heavy atom. The minimum Gasteiger partial charge on any atom is -0.320 e. The minimum absolute atomic E-state index is 0.0390. The highest BCUT2D eigenvalue weighted by Crippen LogP contribution is 2.52. The van der Waals surface area contributed by atoms with Crippen LogP contribution in [0.15, 0.2) is 41.6 Å². The van der Waals surface area contributed by atoms with Gasteiger partial charge in [-0.15, -0.1) is 0 Å². The molecule has 0 saturated heterocycles. The Morgan fingerprint density at radius 3 is 2.61 bits per heavy atom. The Labute approximate surface area is 187 Å². The van der Waals surface area contributed by atoms with Gasteiger partial charge in [-0.05, 0) is 17.5 Å². The first-order valence-corrected chi connectivity index (χ1v) is 11.9. The van der Waals surface area contributed by atoms with Crippen LogP contribution in [0.4, 0.5) is 23.2 Å². The lowest BCUT2D eigenvalue weighted by molar-refractivity contribution is -0.159. The van der Waals surface area contributed by atoms with E-state index in [9.17, 15) is 26.6 Å². The van der Waals surface area contributed by atoms with Crippen LogP contribution in [0.5, 0.6) is 0 Å². The number of hydrogen-bond acceptors (Lipinski definition) is 5. The molecule has 2 heterocycles. The number of alkyl halides is 4. The number of carbonyl (C=O) groups excluding carboxylic acids is 1. The summed E-state index contributed by atoms with van der Waals surface area (Å²) < 4.78 is 75.0. The third kappa shape index (κ3) is 4.56. The molecule has 1 amide bonds. The third-order valence-electron chi connectivity index (χ3n) is 5.55. The van der Waals surface area contributed by atoms with E-state index in [0.717, 1.165) is 0 Å². The number of nitrogens with one attached hydrogen (secondary N) is 2. The summed E-state index contributed by atoms with van der Waals surface area (Å²) in [6.07, 6.45) is -1.18. The number of fused-ring (bicyclic) bond motifs is 1. The van der Waals surface area contributed by atoms with Gasteiger partial charge in [0.1, 0.15) is 16.2 Å². The second-order valence-electron chi connectivity index (χ2n) is 8.75. The number of carbonyl (C=O) groups is 1. The SMILES string of the molecule is CC1(Cn2nc3c(C(F)F)cccc3c2C(=O)Nc2ccnc(S(C)(=N)=O)c2)CC(F)(F)C1. The van der Waals surface area contributed by atoms with E-state index >= 15 is 0 Å². The van der Waals surface area contributed by atoms with Crippen molar-refractivity contribution < 1.29 is 26.6 Å². The Bertz CT molecular complexity index is 1350. The lowest BCUT2D eigenvalue weighted by atomic mass is 9.67. The van der Waals surface area contributed by atoms with Crippen LogP contribution in [0, 0.1) is 10.2 Å². The number of pyridine rings is 1. The molecule has 7 nitrogen and oxygen atoms in total. The molecule has 1 atom stereocenters. The highest BCUT2D eigenvalue weighted by atomic mass is 32.2. The average molecular weight is 483 g/mol. The molecule has 0 bridgehead atoms. The normalized spacial score (nSPS) is 18.6. The van der Waals surface area contributed by atoms with Crippen molar-refractivity contribution in [2.75, 3.05) is 11.6 Å². The van der Waals surface area contributed by atoms with Crippen LogP contribution in [0.3, 0.4) is 0 Å². The van der Waals surface area contributed by atoms with E-state index in [1.165, 1.54) is 47.5 Å². The molecule has 1 aromatic carbocycles. The van der Waals surface area contributed by atoms with E-state index < -0.39 is 46.2 Å². The first kappa shape index (κ1) is 23.1. The van der Waals surface area contributed by atoms with E-state index in [2.05, 4.69) is 15.4 Å². The van der Waals surface area contributed by atoms with Crippen LogP contribution >= 0.6 is 0 Å². The van der Waals surface area contributed by atoms with Gasteiger partial charge in [-0.25, -0.2) is 31.5 Å². The highest BCUT2D eigenvalue weighted by molar-refractivity contribution is 7.91. The molecular formula is C21H21F4N5O2S. The van der Waals surface area contributed by atoms with Gasteiger partial charge in [-0.1, -0.05) is 25.1 Å². The van der Waals surface area contributed by atoms with Crippen LogP contribution < -0.4 is 5.32 Å². The molecule has 1 fully saturated rings. The molecule has 3 aromatic rings. The van der Waals surface area contributed by atoms with Gasteiger partial charge < -0.3 is 5.32 Å². The monoisotopic (exact) mass is 483 g/mol. The fourth-order valence-electron chi connectivity index (χ4n) is 4.26. The molecular weight excluding hydrogens is 462 g/mol. The lowest BCUT2D eigenvalue weighted by Crippen LogP contribution is -2.47. The summed E-state index contributed by atoms with van der Waals surface area (Å²) in [5.41, 5.74) is -1.15. The van der Waals surface area contributed by atoms with Crippen LogP contribution in [-0.2, 0) is 16.3 Å². The van der Waals surface area contributed by atoms with Gasteiger partial charge in [0.05, 0.1) is 9.73 Å². The quantitative estimate of drug-likeness (QED) is 0.477. The maximum atomic E-state index is 13.6. The Morgan fingerprint density at radius 1 is 1.30 bits per heavy atom. The minimum atomic E-state index is -3.14. The van der Waals surface area contributed by atoms with Crippen molar-refractivity contribution in [3.8, 4) is 0 Å². The van der Waals surface area contributed by atoms with Crippen molar-refractivity contribution in [2.45, 2.75) is 43.7 Å². The first-order valence-electron chi connectivity index (χ1n) is 9.95. The number of hydrogen-bond donors (Lipinski definition) is 2. The molecule has 1 saturated carbocycles. The van der Waals surface area contributed by atoms with Gasteiger partial charge in [0.15, 0.2) is 0 Å². The number of anilines is 1. The zero-order valence-corrected chi connectivity index (χ0v) is 18.6. The van der Waals surface area contributed by atoms with Gasteiger partial charge in [0, 0.05) is 48.5 Å². The number of rotatable bonds is 6. The summed E-state index contributed by atoms with van der Waals surface area (Å²) in [6.45, 7) is 1.58. The molecule has 33 heavy (non-hydrogen) atoms. The number of amides is 1. The summed E-state index contributed by atoms with van der Waals surface area (Å²) in [5, 5.41) is 6.92. The van der Waals surface area contributed by atoms with Crippen molar-refractivity contribution in [3.63, 3.8) is 0 Å². The van der Waals surface area contributed by atoms with Crippen LogP contribution in [0.2, 0.25) is 0 Å². The number of aromatic nitrogens is 3. The zero-order chi connectivity index (χ0) is 24.2. The molecule has 12 heteroatoms. The Hall–Kier alpha value is -3.02. The topological polar surface area (TPSA) is 101 Å². The van der Waals surface area contributed by atoms with Crippen molar-refractivity contribution in [1.29, 1.82) is 4.78 Å². The summed E-state index contributed by atoms with van der Waals surface area (Å²) >= 11 is 0. The lowest BCUT2D eigenvalue weighted by Gasteiger charge is -2.44. The van der Waals surface area contributed by atoms with Crippen molar-refractivity contribution in [3.05, 3.63) is 47.8 Å². The summed E-state index contributed by atoms with van der Waals surface area (Å²) in [6, 6.07) is 6.76. The molecule has 0 aliphatic heterocycles. The molecule has 176 valence electrons. The predicted octanol–water partition coefficient (Wildman–Crippen LogP) is 5.09. The van der Waals surface area contributed by atoms with E-state index in [1.54, 1.807) is 6.92 Å². The smallest absolute Gasteiger partial charge is 0.274 e. The standard InChI is InChI=1S/C21H21F4N5O2S/c1-20(9-21(24,25)10-20)11-30-17(13-4-3-5-14(18(22)23)16(13)29-30)19(31)28-12-6-7-27-15(8-12)33(2,26)32/h3-8,18,26H,9-11H2,1-2H3,(H,27,28,31). The highest BCUT2D eigenvalue weighted by Gasteiger charge is 2.54. The number of halogens is 4. The predicted molar refractivity (Wildman–Crippen MR) is 114 cm³/mol. The van der Waals surface area contributed by atoms with E-state index in [0.29, 0.717) is 0 Å². The van der Waals surface area contributed by atoms with Gasteiger partial charge in [0.2, 0.25) is 5.92 Å². The van der Waals surface area contributed by atoms with Gasteiger partial charge in [0.25, 0.3) is 12.3 Å². The summed E-state index contributed by atoms with van der Waals surface area (Å²) in [4.78, 5) is 17.1. The fourth-order valence-corrected chi connectivity index (χ4v) is 4.88. The second-order valence-corrected chi connectivity index (χ2v) is 10.9. The first-order chi connectivity index (χ1) is 15.3. The molecule has 1 aliphatic carbocycles. The third-order valence-corrected chi connectivity index (χ3v) is 6.57. The van der Waals surface area contributed by atoms with E-state index in [1.807, 2.05) is 0 Å². The molecule has 2 N–H and O–H groups in total. The second kappa shape index (κ2) is 7.79. The van der Waals surface area contributed by atoms with Crippen LogP contribution in [-0.4, -0.2) is 37.1 Å². The Kier molecular flexibility index (Phi) is 5.46. The van der Waals surface area contributed by atoms with Gasteiger partial charge in [-0.2, -0.15) is 5.10 Å². The van der Waals surface area contributed by atoms with E-state index in [4.69, 9.17) is 4.78 Å². The van der Waals surface area contributed by atoms with Gasteiger partial charge in [-0.3, -0.25) is 9.48 Å². The van der Waals surface area contributed by atoms with Crippen molar-refractivity contribution in [2.24, 2.45) is 5.41 Å². The Balaban J connectivity index is 1.77. The molecule has 1 aliphatic rings. The number of nitrogens with zero attached hydrogens (tertiary/aromatic N) is 3. The summed E-state index contributed by atoms with van der Waals surface area (Å²) in [7, 11) is -3.14. The maximum absolute atomic E-state index is 13.6. The molecule has 0 radical (unpaired) electrons. The molecule has 4 rings (SSSR count). The molecule has 1 unspecified atom stereocenters. The van der Waals surface area contributed by atoms with Crippen LogP contribution in [0.1, 0.15) is 42.2 Å². The van der Waals surface area contributed by atoms with Crippen molar-refractivity contribution in [1.82, 2.24) is 14.8 Å².